The topological polar surface area (TPSA) is 60.9 Å². The molecule has 0 unspecified atom stereocenters. The number of likely N-dealkylation sites (N-methyl/N-ethyl adjacent to an activating group) is 1. The molecular weight excluding hydrogens is 385 g/mol. The lowest BCUT2D eigenvalue weighted by Crippen LogP contribution is -2.45. The molecular formula is C23H30FN3O3. The minimum atomic E-state index is -1.32. The third-order valence-electron chi connectivity index (χ3n) is 6.98. The van der Waals surface area contributed by atoms with Crippen molar-refractivity contribution in [3.05, 3.63) is 35.6 Å². The van der Waals surface area contributed by atoms with Crippen LogP contribution in [0.1, 0.15) is 44.1 Å². The first kappa shape index (κ1) is 21.0. The summed E-state index contributed by atoms with van der Waals surface area (Å²) >= 11 is 0. The van der Waals surface area contributed by atoms with E-state index in [1.165, 1.54) is 17.0 Å². The zero-order valence-corrected chi connectivity index (χ0v) is 17.8. The lowest BCUT2D eigenvalue weighted by molar-refractivity contribution is -0.143. The fourth-order valence-electron chi connectivity index (χ4n) is 5.38. The Kier molecular flexibility index (Phi) is 5.66. The van der Waals surface area contributed by atoms with Crippen molar-refractivity contribution in [1.82, 2.24) is 14.7 Å². The van der Waals surface area contributed by atoms with Crippen LogP contribution in [0, 0.1) is 11.7 Å². The lowest BCUT2D eigenvalue weighted by atomic mass is 9.75. The van der Waals surface area contributed by atoms with Crippen molar-refractivity contribution in [2.45, 2.75) is 50.0 Å². The average Bonchev–Trinajstić information content (AvgIpc) is 3.13. The third-order valence-corrected chi connectivity index (χ3v) is 6.98. The molecule has 6 nitrogen and oxygen atoms in total. The van der Waals surface area contributed by atoms with E-state index in [0.29, 0.717) is 18.0 Å². The first-order chi connectivity index (χ1) is 14.3. The second kappa shape index (κ2) is 8.10. The van der Waals surface area contributed by atoms with E-state index in [-0.39, 0.29) is 43.1 Å². The molecule has 0 N–H and O–H groups in total. The summed E-state index contributed by atoms with van der Waals surface area (Å²) in [6.07, 6.45) is 4.13. The van der Waals surface area contributed by atoms with Gasteiger partial charge < -0.3 is 9.80 Å². The molecule has 1 aliphatic carbocycles. The smallest absolute Gasteiger partial charge is 0.240 e. The average molecular weight is 416 g/mol. The van der Waals surface area contributed by atoms with Crippen molar-refractivity contribution < 1.29 is 18.8 Å². The summed E-state index contributed by atoms with van der Waals surface area (Å²) in [5, 5.41) is 0. The minimum Gasteiger partial charge on any atom is -0.339 e. The number of likely N-dealkylation sites (tertiary alicyclic amines) is 2. The van der Waals surface area contributed by atoms with Gasteiger partial charge in [-0.25, -0.2) is 4.39 Å². The minimum absolute atomic E-state index is 0.0806. The van der Waals surface area contributed by atoms with Crippen LogP contribution in [0.25, 0.3) is 0 Å². The van der Waals surface area contributed by atoms with Gasteiger partial charge in [-0.05, 0) is 57.0 Å². The highest BCUT2D eigenvalue weighted by molar-refractivity contribution is 6.10. The van der Waals surface area contributed by atoms with Crippen LogP contribution in [-0.2, 0) is 19.8 Å². The van der Waals surface area contributed by atoms with Gasteiger partial charge in [0.05, 0.1) is 5.41 Å². The summed E-state index contributed by atoms with van der Waals surface area (Å²) in [4.78, 5) is 44.8. The molecule has 2 heterocycles. The number of benzene rings is 1. The molecule has 0 radical (unpaired) electrons. The molecule has 2 saturated heterocycles. The molecule has 0 aromatic heterocycles. The lowest BCUT2D eigenvalue weighted by Gasteiger charge is -2.31. The van der Waals surface area contributed by atoms with Gasteiger partial charge >= 0.3 is 0 Å². The second-order valence-corrected chi connectivity index (χ2v) is 9.33. The fraction of sp³-hybridized carbons (Fsp3) is 0.609. The number of carbonyl (C=O) groups excluding carboxylic acids is 3. The Labute approximate surface area is 177 Å². The molecule has 3 fully saturated rings. The van der Waals surface area contributed by atoms with E-state index in [2.05, 4.69) is 0 Å². The summed E-state index contributed by atoms with van der Waals surface area (Å²) in [6.45, 7) is 1.54. The zero-order valence-electron chi connectivity index (χ0n) is 17.8. The molecule has 1 aromatic rings. The molecule has 3 amide bonds. The van der Waals surface area contributed by atoms with Crippen LogP contribution in [0.2, 0.25) is 0 Å². The molecule has 1 aromatic carbocycles. The standard InChI is InChI=1S/C23H30FN3O3/c1-25(2)9-10-26-20(28)13-23(22(26)30,17-6-4-7-18(24)12-17)14-21(29)27-15-16-5-3-8-19(27)11-16/h4,6-7,12,16,19H,3,5,8-11,13-15H2,1-2H3/t16-,19-,23-/m0/s1. The first-order valence-electron chi connectivity index (χ1n) is 10.9. The van der Waals surface area contributed by atoms with Gasteiger partial charge in [0.2, 0.25) is 17.7 Å². The van der Waals surface area contributed by atoms with Crippen LogP contribution >= 0.6 is 0 Å². The molecule has 2 aliphatic heterocycles. The summed E-state index contributed by atoms with van der Waals surface area (Å²) < 4.78 is 14.1. The van der Waals surface area contributed by atoms with Crippen LogP contribution in [0.5, 0.6) is 0 Å². The Hall–Kier alpha value is -2.28. The maximum absolute atomic E-state index is 14.1. The highest BCUT2D eigenvalue weighted by atomic mass is 19.1. The Morgan fingerprint density at radius 2 is 2.07 bits per heavy atom. The van der Waals surface area contributed by atoms with Gasteiger partial charge in [0.25, 0.3) is 0 Å². The van der Waals surface area contributed by atoms with E-state index >= 15 is 0 Å². The summed E-state index contributed by atoms with van der Waals surface area (Å²) in [6, 6.07) is 6.06. The number of nitrogens with zero attached hydrogens (tertiary/aromatic N) is 3. The molecule has 3 aliphatic rings. The maximum Gasteiger partial charge on any atom is 0.240 e. The van der Waals surface area contributed by atoms with Crippen LogP contribution in [0.3, 0.4) is 0 Å². The van der Waals surface area contributed by atoms with Gasteiger partial charge in [0.15, 0.2) is 0 Å². The van der Waals surface area contributed by atoms with Crippen LogP contribution < -0.4 is 0 Å². The van der Waals surface area contributed by atoms with Gasteiger partial charge in [-0.3, -0.25) is 19.3 Å². The van der Waals surface area contributed by atoms with Gasteiger partial charge in [-0.1, -0.05) is 18.6 Å². The van der Waals surface area contributed by atoms with Crippen LogP contribution in [0.4, 0.5) is 4.39 Å². The van der Waals surface area contributed by atoms with Gasteiger partial charge in [0, 0.05) is 38.5 Å². The van der Waals surface area contributed by atoms with E-state index in [0.717, 1.165) is 32.2 Å². The zero-order chi connectivity index (χ0) is 21.5. The van der Waals surface area contributed by atoms with Crippen molar-refractivity contribution in [1.29, 1.82) is 0 Å². The first-order valence-corrected chi connectivity index (χ1v) is 10.9. The van der Waals surface area contributed by atoms with Crippen molar-refractivity contribution >= 4 is 17.7 Å². The maximum atomic E-state index is 14.1. The van der Waals surface area contributed by atoms with E-state index in [9.17, 15) is 18.8 Å². The number of amides is 3. The molecule has 3 atom stereocenters. The van der Waals surface area contributed by atoms with E-state index < -0.39 is 11.2 Å². The molecule has 1 saturated carbocycles. The summed E-state index contributed by atoms with van der Waals surface area (Å²) in [5.41, 5.74) is -0.900. The number of imide groups is 1. The Bertz CT molecular complexity index is 858. The third kappa shape index (κ3) is 3.75. The number of hydrogen-bond donors (Lipinski definition) is 0. The Morgan fingerprint density at radius 1 is 1.27 bits per heavy atom. The molecule has 30 heavy (non-hydrogen) atoms. The molecule has 0 spiro atoms. The summed E-state index contributed by atoms with van der Waals surface area (Å²) in [5.74, 6) is -0.697. The Morgan fingerprint density at radius 3 is 2.77 bits per heavy atom. The van der Waals surface area contributed by atoms with E-state index in [1.807, 2.05) is 23.9 Å². The number of carbonyl (C=O) groups is 3. The highest BCUT2D eigenvalue weighted by Gasteiger charge is 2.54. The monoisotopic (exact) mass is 415 g/mol. The highest BCUT2D eigenvalue weighted by Crippen LogP contribution is 2.42. The Balaban J connectivity index is 1.64. The van der Waals surface area contributed by atoms with Crippen molar-refractivity contribution in [3.8, 4) is 0 Å². The van der Waals surface area contributed by atoms with Crippen molar-refractivity contribution in [2.75, 3.05) is 33.7 Å². The normalized spacial score (nSPS) is 28.7. The van der Waals surface area contributed by atoms with Crippen molar-refractivity contribution in [3.63, 3.8) is 0 Å². The van der Waals surface area contributed by atoms with Crippen molar-refractivity contribution in [2.24, 2.45) is 5.92 Å². The van der Waals surface area contributed by atoms with Gasteiger partial charge in [-0.2, -0.15) is 0 Å². The molecule has 4 rings (SSSR count). The predicted molar refractivity (Wildman–Crippen MR) is 110 cm³/mol. The SMILES string of the molecule is CN(C)CCN1C(=O)C[C@](CC(=O)N2C[C@H]3CCC[C@H]2C3)(c2cccc(F)c2)C1=O. The van der Waals surface area contributed by atoms with E-state index in [4.69, 9.17) is 0 Å². The predicted octanol–water partition coefficient (Wildman–Crippen LogP) is 2.18. The molecule has 7 heteroatoms. The fourth-order valence-corrected chi connectivity index (χ4v) is 5.38. The summed E-state index contributed by atoms with van der Waals surface area (Å²) in [7, 11) is 3.75. The molecule has 2 bridgehead atoms. The second-order valence-electron chi connectivity index (χ2n) is 9.33. The van der Waals surface area contributed by atoms with Crippen LogP contribution in [-0.4, -0.2) is 72.2 Å². The number of rotatable bonds is 6. The number of halogens is 1. The van der Waals surface area contributed by atoms with E-state index in [1.54, 1.807) is 12.1 Å². The molecule has 162 valence electrons. The quantitative estimate of drug-likeness (QED) is 0.668. The van der Waals surface area contributed by atoms with Gasteiger partial charge in [0.1, 0.15) is 5.82 Å². The van der Waals surface area contributed by atoms with Crippen LogP contribution in [0.15, 0.2) is 24.3 Å². The largest absolute Gasteiger partial charge is 0.339 e. The number of hydrogen-bond acceptors (Lipinski definition) is 4. The number of fused-ring (bicyclic) bond motifs is 2. The van der Waals surface area contributed by atoms with Gasteiger partial charge in [-0.15, -0.1) is 0 Å².